The Morgan fingerprint density at radius 2 is 1.86 bits per heavy atom. The van der Waals surface area contributed by atoms with Crippen LogP contribution < -0.4 is 9.47 Å². The summed E-state index contributed by atoms with van der Waals surface area (Å²) >= 11 is 0. The fraction of sp³-hybridized carbons (Fsp3) is 0.167. The number of methoxy groups -OCH3 is 2. The van der Waals surface area contributed by atoms with Crippen LogP contribution in [0, 0.1) is 0 Å². The van der Waals surface area contributed by atoms with Gasteiger partial charge in [0.05, 0.1) is 14.2 Å². The van der Waals surface area contributed by atoms with Crippen LogP contribution in [0.1, 0.15) is 16.7 Å². The van der Waals surface area contributed by atoms with E-state index in [1.54, 1.807) is 14.2 Å². The second kappa shape index (κ2) is 5.44. The predicted octanol–water partition coefficient (Wildman–Crippen LogP) is 3.37. The summed E-state index contributed by atoms with van der Waals surface area (Å²) in [6, 6.07) is 13.5. The number of allylic oxidation sites excluding steroid dienone is 1. The number of hydrogen-bond acceptors (Lipinski definition) is 3. The van der Waals surface area contributed by atoms with E-state index < -0.39 is 0 Å². The van der Waals surface area contributed by atoms with Gasteiger partial charge < -0.3 is 9.47 Å². The second-order valence-corrected chi connectivity index (χ2v) is 4.92. The molecule has 3 nitrogen and oxygen atoms in total. The van der Waals surface area contributed by atoms with Crippen molar-refractivity contribution in [3.63, 3.8) is 0 Å². The Morgan fingerprint density at radius 1 is 1.05 bits per heavy atom. The highest BCUT2D eigenvalue weighted by Crippen LogP contribution is 2.34. The Balaban J connectivity index is 2.12. The van der Waals surface area contributed by atoms with E-state index in [4.69, 9.17) is 9.47 Å². The molecule has 0 bridgehead atoms. The monoisotopic (exact) mass is 280 g/mol. The van der Waals surface area contributed by atoms with Gasteiger partial charge in [-0.1, -0.05) is 24.3 Å². The number of ether oxygens (including phenoxy) is 2. The molecule has 0 saturated heterocycles. The van der Waals surface area contributed by atoms with Gasteiger partial charge in [-0.05, 0) is 35.4 Å². The van der Waals surface area contributed by atoms with Crippen LogP contribution in [0.3, 0.4) is 0 Å². The zero-order valence-corrected chi connectivity index (χ0v) is 12.1. The van der Waals surface area contributed by atoms with Gasteiger partial charge in [0.15, 0.2) is 5.78 Å². The second-order valence-electron chi connectivity index (χ2n) is 4.92. The van der Waals surface area contributed by atoms with E-state index in [9.17, 15) is 4.79 Å². The molecule has 0 saturated carbocycles. The van der Waals surface area contributed by atoms with Crippen molar-refractivity contribution in [2.45, 2.75) is 6.42 Å². The molecule has 3 heteroatoms. The lowest BCUT2D eigenvalue weighted by atomic mass is 10.0. The van der Waals surface area contributed by atoms with Crippen molar-refractivity contribution < 1.29 is 14.3 Å². The van der Waals surface area contributed by atoms with Crippen LogP contribution in [0.4, 0.5) is 0 Å². The maximum Gasteiger partial charge on any atom is 0.167 e. The lowest BCUT2D eigenvalue weighted by Gasteiger charge is -2.08. The molecule has 0 radical (unpaired) electrons. The first kappa shape index (κ1) is 13.4. The third-order valence-corrected chi connectivity index (χ3v) is 3.70. The lowest BCUT2D eigenvalue weighted by Crippen LogP contribution is -1.95. The standard InChI is InChI=1S/C18H16O3/c1-20-14-7-8-18(21-2)13(9-14)10-16-15-6-4-3-5-12(15)11-17(16)19/h3-10H,11H2,1-2H3/b16-10+. The van der Waals surface area contributed by atoms with Gasteiger partial charge >= 0.3 is 0 Å². The van der Waals surface area contributed by atoms with Gasteiger partial charge in [-0.25, -0.2) is 0 Å². The molecule has 0 amide bonds. The number of ketones is 1. The molecule has 1 aliphatic rings. The number of fused-ring (bicyclic) bond motifs is 1. The molecule has 106 valence electrons. The summed E-state index contributed by atoms with van der Waals surface area (Å²) in [7, 11) is 3.24. The third-order valence-electron chi connectivity index (χ3n) is 3.70. The highest BCUT2D eigenvalue weighted by molar-refractivity contribution is 6.29. The van der Waals surface area contributed by atoms with Crippen LogP contribution in [-0.4, -0.2) is 20.0 Å². The summed E-state index contributed by atoms with van der Waals surface area (Å²) in [6.07, 6.45) is 2.35. The first-order valence-electron chi connectivity index (χ1n) is 6.78. The Labute approximate surface area is 123 Å². The summed E-state index contributed by atoms with van der Waals surface area (Å²) in [5, 5.41) is 0. The maximum atomic E-state index is 12.2. The molecule has 0 spiro atoms. The highest BCUT2D eigenvalue weighted by Gasteiger charge is 2.24. The minimum atomic E-state index is 0.140. The zero-order chi connectivity index (χ0) is 14.8. The SMILES string of the molecule is COc1ccc(OC)c(/C=C2/C(=O)Cc3ccccc32)c1. The van der Waals surface area contributed by atoms with E-state index in [1.165, 1.54) is 0 Å². The van der Waals surface area contributed by atoms with Crippen molar-refractivity contribution in [2.24, 2.45) is 0 Å². The predicted molar refractivity (Wildman–Crippen MR) is 82.6 cm³/mol. The van der Waals surface area contributed by atoms with Crippen LogP contribution in [0.5, 0.6) is 11.5 Å². The first-order chi connectivity index (χ1) is 10.2. The first-order valence-corrected chi connectivity index (χ1v) is 6.78. The number of carbonyl (C=O) groups is 1. The average Bonchev–Trinajstić information content (AvgIpc) is 2.83. The molecule has 0 unspecified atom stereocenters. The molecule has 0 heterocycles. The van der Waals surface area contributed by atoms with Gasteiger partial charge in [-0.2, -0.15) is 0 Å². The summed E-state index contributed by atoms with van der Waals surface area (Å²) in [6.45, 7) is 0. The summed E-state index contributed by atoms with van der Waals surface area (Å²) in [5.41, 5.74) is 3.66. The summed E-state index contributed by atoms with van der Waals surface area (Å²) in [4.78, 5) is 12.2. The maximum absolute atomic E-state index is 12.2. The molecule has 0 atom stereocenters. The Kier molecular flexibility index (Phi) is 3.48. The largest absolute Gasteiger partial charge is 0.497 e. The van der Waals surface area contributed by atoms with Crippen LogP contribution in [0.15, 0.2) is 42.5 Å². The summed E-state index contributed by atoms with van der Waals surface area (Å²) < 4.78 is 10.6. The van der Waals surface area contributed by atoms with Gasteiger partial charge in [0, 0.05) is 17.6 Å². The molecule has 2 aromatic rings. The molecule has 0 aromatic heterocycles. The van der Waals surface area contributed by atoms with Crippen LogP contribution in [0.25, 0.3) is 11.6 Å². The molecular formula is C18H16O3. The van der Waals surface area contributed by atoms with Crippen molar-refractivity contribution in [3.05, 3.63) is 59.2 Å². The zero-order valence-electron chi connectivity index (χ0n) is 12.1. The number of hydrogen-bond donors (Lipinski definition) is 0. The van der Waals surface area contributed by atoms with Crippen molar-refractivity contribution in [2.75, 3.05) is 14.2 Å². The Hall–Kier alpha value is -2.55. The fourth-order valence-corrected chi connectivity index (χ4v) is 2.62. The van der Waals surface area contributed by atoms with Gasteiger partial charge in [0.2, 0.25) is 0 Å². The van der Waals surface area contributed by atoms with Gasteiger partial charge in [-0.15, -0.1) is 0 Å². The van der Waals surface area contributed by atoms with Crippen molar-refractivity contribution in [1.29, 1.82) is 0 Å². The Morgan fingerprint density at radius 3 is 2.62 bits per heavy atom. The number of rotatable bonds is 3. The van der Waals surface area contributed by atoms with Crippen LogP contribution in [-0.2, 0) is 11.2 Å². The topological polar surface area (TPSA) is 35.5 Å². The molecular weight excluding hydrogens is 264 g/mol. The van der Waals surface area contributed by atoms with E-state index in [2.05, 4.69) is 0 Å². The summed E-state index contributed by atoms with van der Waals surface area (Å²) in [5.74, 6) is 1.60. The van der Waals surface area contributed by atoms with Crippen LogP contribution >= 0.6 is 0 Å². The van der Waals surface area contributed by atoms with E-state index in [-0.39, 0.29) is 5.78 Å². The van der Waals surface area contributed by atoms with Gasteiger partial charge in [-0.3, -0.25) is 4.79 Å². The number of carbonyl (C=O) groups excluding carboxylic acids is 1. The molecule has 21 heavy (non-hydrogen) atoms. The van der Waals surface area contributed by atoms with E-state index in [1.807, 2.05) is 48.5 Å². The highest BCUT2D eigenvalue weighted by atomic mass is 16.5. The smallest absolute Gasteiger partial charge is 0.167 e. The number of Topliss-reactive ketones (excluding diaryl/α,β-unsaturated/α-hetero) is 1. The van der Waals surface area contributed by atoms with Crippen LogP contribution in [0.2, 0.25) is 0 Å². The van der Waals surface area contributed by atoms with E-state index in [0.29, 0.717) is 6.42 Å². The Bertz CT molecular complexity index is 729. The molecule has 0 N–H and O–H groups in total. The average molecular weight is 280 g/mol. The van der Waals surface area contributed by atoms with Crippen molar-refractivity contribution >= 4 is 17.4 Å². The van der Waals surface area contributed by atoms with Crippen molar-refractivity contribution in [3.8, 4) is 11.5 Å². The molecule has 2 aromatic carbocycles. The van der Waals surface area contributed by atoms with Crippen molar-refractivity contribution in [1.82, 2.24) is 0 Å². The number of benzene rings is 2. The van der Waals surface area contributed by atoms with E-state index >= 15 is 0 Å². The fourth-order valence-electron chi connectivity index (χ4n) is 2.62. The van der Waals surface area contributed by atoms with Gasteiger partial charge in [0.1, 0.15) is 11.5 Å². The minimum absolute atomic E-state index is 0.140. The quantitative estimate of drug-likeness (QED) is 0.809. The third kappa shape index (κ3) is 2.42. The molecule has 0 fully saturated rings. The minimum Gasteiger partial charge on any atom is -0.497 e. The normalized spacial score (nSPS) is 15.1. The lowest BCUT2D eigenvalue weighted by molar-refractivity contribution is -0.112. The molecule has 0 aliphatic heterocycles. The molecule has 3 rings (SSSR count). The van der Waals surface area contributed by atoms with Gasteiger partial charge in [0.25, 0.3) is 0 Å². The van der Waals surface area contributed by atoms with E-state index in [0.717, 1.165) is 33.8 Å². The molecule has 1 aliphatic carbocycles.